The number of aromatic nitrogens is 6. The second-order valence-electron chi connectivity index (χ2n) is 12.6. The zero-order valence-corrected chi connectivity index (χ0v) is 27.3. The number of nitrogens with zero attached hydrogens (tertiary/aromatic N) is 6. The average Bonchev–Trinajstić information content (AvgIpc) is 3.56. The SMILES string of the molecule is c1ccc(-c2nc(-c3ccccc3)nc(-c3ccc4ccccc4c3-c3ccc(-n4c5ccccc5c5c6ccccc6ccc54)nn3)n2)cc1. The molecule has 0 spiro atoms. The summed E-state index contributed by atoms with van der Waals surface area (Å²) in [5, 5.41) is 16.8. The van der Waals surface area contributed by atoms with Crippen LogP contribution in [0.5, 0.6) is 0 Å². The molecule has 0 fully saturated rings. The molecule has 7 aromatic carbocycles. The molecule has 0 atom stereocenters. The molecule has 0 aliphatic carbocycles. The fourth-order valence-corrected chi connectivity index (χ4v) is 7.23. The molecule has 238 valence electrons. The maximum atomic E-state index is 5.07. The molecule has 10 aromatic rings. The normalized spacial score (nSPS) is 11.5. The topological polar surface area (TPSA) is 69.4 Å². The molecule has 3 aromatic heterocycles. The van der Waals surface area contributed by atoms with E-state index >= 15 is 0 Å². The highest BCUT2D eigenvalue weighted by Gasteiger charge is 2.20. The second kappa shape index (κ2) is 11.8. The lowest BCUT2D eigenvalue weighted by Gasteiger charge is -2.14. The molecule has 51 heavy (non-hydrogen) atoms. The zero-order valence-electron chi connectivity index (χ0n) is 27.3. The van der Waals surface area contributed by atoms with Gasteiger partial charge in [-0.2, -0.15) is 0 Å². The van der Waals surface area contributed by atoms with Crippen LogP contribution in [0.25, 0.3) is 94.6 Å². The summed E-state index contributed by atoms with van der Waals surface area (Å²) >= 11 is 0. The molecule has 0 amide bonds. The first-order chi connectivity index (χ1) is 25.3. The maximum Gasteiger partial charge on any atom is 0.164 e. The van der Waals surface area contributed by atoms with E-state index in [4.69, 9.17) is 25.1 Å². The number of benzene rings is 7. The molecule has 6 heteroatoms. The van der Waals surface area contributed by atoms with E-state index in [-0.39, 0.29) is 0 Å². The number of para-hydroxylation sites is 1. The van der Waals surface area contributed by atoms with E-state index in [1.54, 1.807) is 0 Å². The van der Waals surface area contributed by atoms with Crippen molar-refractivity contribution in [3.05, 3.63) is 170 Å². The van der Waals surface area contributed by atoms with Gasteiger partial charge < -0.3 is 0 Å². The van der Waals surface area contributed by atoms with Gasteiger partial charge in [0.15, 0.2) is 23.3 Å². The molecular weight excluding hydrogens is 625 g/mol. The van der Waals surface area contributed by atoms with E-state index in [0.29, 0.717) is 17.5 Å². The van der Waals surface area contributed by atoms with Crippen molar-refractivity contribution in [2.24, 2.45) is 0 Å². The van der Waals surface area contributed by atoms with Crippen molar-refractivity contribution < 1.29 is 0 Å². The van der Waals surface area contributed by atoms with E-state index in [1.807, 2.05) is 60.7 Å². The minimum Gasteiger partial charge on any atom is -0.292 e. The highest BCUT2D eigenvalue weighted by atomic mass is 15.2. The van der Waals surface area contributed by atoms with Crippen molar-refractivity contribution in [1.82, 2.24) is 29.7 Å². The number of fused-ring (bicyclic) bond motifs is 6. The molecule has 0 aliphatic heterocycles. The quantitative estimate of drug-likeness (QED) is 0.185. The van der Waals surface area contributed by atoms with Gasteiger partial charge in [-0.1, -0.05) is 140 Å². The van der Waals surface area contributed by atoms with Gasteiger partial charge in [0, 0.05) is 33.0 Å². The molecule has 6 nitrogen and oxygen atoms in total. The summed E-state index contributed by atoms with van der Waals surface area (Å²) in [5.74, 6) is 2.54. The molecule has 0 saturated carbocycles. The van der Waals surface area contributed by atoms with Crippen LogP contribution in [-0.4, -0.2) is 29.7 Å². The Morgan fingerprint density at radius 3 is 1.63 bits per heavy atom. The van der Waals surface area contributed by atoms with Gasteiger partial charge in [0.2, 0.25) is 0 Å². The van der Waals surface area contributed by atoms with E-state index in [0.717, 1.165) is 55.6 Å². The summed E-state index contributed by atoms with van der Waals surface area (Å²) in [5.41, 5.74) is 6.53. The lowest BCUT2D eigenvalue weighted by molar-refractivity contribution is 0.958. The predicted molar refractivity (Wildman–Crippen MR) is 207 cm³/mol. The standard InChI is InChI=1S/C45H28N6/c1-3-15-31(16-4-1)43-46-44(32-17-5-2-6-18-32)48-45(47-43)36-25-23-29-13-7-9-19-33(29)41(36)37-26-28-40(50-49-37)51-38-22-12-11-21-35(38)42-34-20-10-8-14-30(34)24-27-39(42)51/h1-28H. The fourth-order valence-electron chi connectivity index (χ4n) is 7.23. The monoisotopic (exact) mass is 652 g/mol. The van der Waals surface area contributed by atoms with Crippen molar-refractivity contribution in [2.45, 2.75) is 0 Å². The largest absolute Gasteiger partial charge is 0.292 e. The summed E-state index contributed by atoms with van der Waals surface area (Å²) in [7, 11) is 0. The molecule has 0 unspecified atom stereocenters. The van der Waals surface area contributed by atoms with Crippen LogP contribution in [0.15, 0.2) is 170 Å². The molecule has 0 N–H and O–H groups in total. The molecule has 0 aliphatic rings. The first kappa shape index (κ1) is 28.9. The van der Waals surface area contributed by atoms with Gasteiger partial charge in [0.05, 0.1) is 16.7 Å². The van der Waals surface area contributed by atoms with Crippen LogP contribution in [0.3, 0.4) is 0 Å². The molecular formula is C45H28N6. The van der Waals surface area contributed by atoms with Gasteiger partial charge in [-0.3, -0.25) is 4.57 Å². The summed E-state index contributed by atoms with van der Waals surface area (Å²) < 4.78 is 2.21. The Labute approximate surface area is 293 Å². The van der Waals surface area contributed by atoms with Gasteiger partial charge in [-0.05, 0) is 51.9 Å². The second-order valence-corrected chi connectivity index (χ2v) is 12.6. The molecule has 0 radical (unpaired) electrons. The van der Waals surface area contributed by atoms with Crippen LogP contribution in [0.4, 0.5) is 0 Å². The Morgan fingerprint density at radius 2 is 0.941 bits per heavy atom. The van der Waals surface area contributed by atoms with Crippen molar-refractivity contribution in [1.29, 1.82) is 0 Å². The number of hydrogen-bond donors (Lipinski definition) is 0. The summed E-state index contributed by atoms with van der Waals surface area (Å²) in [4.78, 5) is 15.1. The number of hydrogen-bond acceptors (Lipinski definition) is 5. The van der Waals surface area contributed by atoms with Crippen LogP contribution in [0, 0.1) is 0 Å². The Bertz CT molecular complexity index is 2840. The van der Waals surface area contributed by atoms with E-state index in [2.05, 4.69) is 114 Å². The van der Waals surface area contributed by atoms with Crippen LogP contribution >= 0.6 is 0 Å². The Hall–Kier alpha value is -7.05. The highest BCUT2D eigenvalue weighted by molar-refractivity contribution is 6.21. The first-order valence-corrected chi connectivity index (χ1v) is 16.9. The summed E-state index contributed by atoms with van der Waals surface area (Å²) in [6.45, 7) is 0. The van der Waals surface area contributed by atoms with Gasteiger partial charge in [0.25, 0.3) is 0 Å². The Kier molecular flexibility index (Phi) is 6.70. The molecule has 0 saturated heterocycles. The van der Waals surface area contributed by atoms with Crippen LogP contribution in [-0.2, 0) is 0 Å². The van der Waals surface area contributed by atoms with E-state index in [1.165, 1.54) is 21.5 Å². The minimum absolute atomic E-state index is 0.573. The third-order valence-electron chi connectivity index (χ3n) is 9.57. The van der Waals surface area contributed by atoms with Crippen molar-refractivity contribution in [3.63, 3.8) is 0 Å². The maximum absolute atomic E-state index is 5.07. The van der Waals surface area contributed by atoms with Crippen molar-refractivity contribution in [2.75, 3.05) is 0 Å². The third kappa shape index (κ3) is 4.84. The fraction of sp³-hybridized carbons (Fsp3) is 0. The van der Waals surface area contributed by atoms with Gasteiger partial charge in [-0.15, -0.1) is 10.2 Å². The smallest absolute Gasteiger partial charge is 0.164 e. The van der Waals surface area contributed by atoms with Crippen LogP contribution < -0.4 is 0 Å². The summed E-state index contributed by atoms with van der Waals surface area (Å²) in [6, 6.07) is 58.2. The lowest BCUT2D eigenvalue weighted by atomic mass is 9.95. The van der Waals surface area contributed by atoms with Crippen molar-refractivity contribution in [3.8, 4) is 51.2 Å². The molecule has 3 heterocycles. The highest BCUT2D eigenvalue weighted by Crippen LogP contribution is 2.39. The van der Waals surface area contributed by atoms with Gasteiger partial charge >= 0.3 is 0 Å². The Balaban J connectivity index is 1.18. The van der Waals surface area contributed by atoms with Crippen molar-refractivity contribution >= 4 is 43.4 Å². The molecule has 10 rings (SSSR count). The average molecular weight is 653 g/mol. The van der Waals surface area contributed by atoms with Gasteiger partial charge in [0.1, 0.15) is 0 Å². The molecule has 0 bridgehead atoms. The summed E-state index contributed by atoms with van der Waals surface area (Å²) in [6.07, 6.45) is 0. The Morgan fingerprint density at radius 1 is 0.373 bits per heavy atom. The first-order valence-electron chi connectivity index (χ1n) is 16.9. The lowest BCUT2D eigenvalue weighted by Crippen LogP contribution is -2.03. The van der Waals surface area contributed by atoms with Gasteiger partial charge in [-0.25, -0.2) is 15.0 Å². The van der Waals surface area contributed by atoms with E-state index < -0.39 is 0 Å². The predicted octanol–water partition coefficient (Wildman–Crippen LogP) is 10.7. The minimum atomic E-state index is 0.573. The van der Waals surface area contributed by atoms with Crippen LogP contribution in [0.2, 0.25) is 0 Å². The number of rotatable bonds is 5. The zero-order chi connectivity index (χ0) is 33.7. The van der Waals surface area contributed by atoms with E-state index in [9.17, 15) is 0 Å². The third-order valence-corrected chi connectivity index (χ3v) is 9.57. The van der Waals surface area contributed by atoms with Crippen LogP contribution in [0.1, 0.15) is 0 Å².